The van der Waals surface area contributed by atoms with Crippen LogP contribution in [-0.4, -0.2) is 77.9 Å². The molecule has 1 unspecified atom stereocenters. The average Bonchev–Trinajstić information content (AvgIpc) is 3.18. The molecule has 26 heavy (non-hydrogen) atoms. The molecule has 8 heteroatoms. The lowest BCUT2D eigenvalue weighted by molar-refractivity contribution is -0.125. The van der Waals surface area contributed by atoms with E-state index in [-0.39, 0.29) is 11.8 Å². The maximum atomic E-state index is 12.6. The lowest BCUT2D eigenvalue weighted by Gasteiger charge is -2.33. The molecule has 2 fully saturated rings. The molecule has 2 aliphatic heterocycles. The molecule has 0 bridgehead atoms. The number of rotatable bonds is 5. The van der Waals surface area contributed by atoms with E-state index in [1.165, 1.54) is 0 Å². The largest absolute Gasteiger partial charge is 0.379 e. The van der Waals surface area contributed by atoms with Crippen molar-refractivity contribution in [3.63, 3.8) is 0 Å². The second kappa shape index (κ2) is 8.01. The fourth-order valence-corrected chi connectivity index (χ4v) is 3.77. The summed E-state index contributed by atoms with van der Waals surface area (Å²) in [6.45, 7) is 6.75. The van der Waals surface area contributed by atoms with Crippen molar-refractivity contribution in [2.45, 2.75) is 12.8 Å². The summed E-state index contributed by atoms with van der Waals surface area (Å²) in [5, 5.41) is 7.48. The number of hydrogen-bond acceptors (Lipinski definition) is 6. The van der Waals surface area contributed by atoms with Crippen molar-refractivity contribution in [1.29, 1.82) is 0 Å². The highest BCUT2D eigenvalue weighted by atomic mass is 16.5. The van der Waals surface area contributed by atoms with Gasteiger partial charge < -0.3 is 15.0 Å². The maximum Gasteiger partial charge on any atom is 0.224 e. The van der Waals surface area contributed by atoms with E-state index in [2.05, 4.69) is 25.2 Å². The van der Waals surface area contributed by atoms with Crippen LogP contribution < -0.4 is 10.2 Å². The minimum Gasteiger partial charge on any atom is -0.379 e. The predicted molar refractivity (Wildman–Crippen MR) is 98.2 cm³/mol. The first-order valence-corrected chi connectivity index (χ1v) is 9.43. The van der Waals surface area contributed by atoms with Gasteiger partial charge in [-0.2, -0.15) is 9.61 Å². The Morgan fingerprint density at radius 2 is 2.12 bits per heavy atom. The van der Waals surface area contributed by atoms with Crippen LogP contribution in [0.4, 0.5) is 5.82 Å². The van der Waals surface area contributed by atoms with Gasteiger partial charge in [0.2, 0.25) is 5.91 Å². The first-order chi connectivity index (χ1) is 12.8. The Morgan fingerprint density at radius 1 is 1.23 bits per heavy atom. The third kappa shape index (κ3) is 3.81. The summed E-state index contributed by atoms with van der Waals surface area (Å²) in [5.41, 5.74) is 0.833. The van der Waals surface area contributed by atoms with E-state index in [9.17, 15) is 4.79 Å². The second-order valence-electron chi connectivity index (χ2n) is 6.93. The summed E-state index contributed by atoms with van der Waals surface area (Å²) in [7, 11) is 0. The van der Waals surface area contributed by atoms with Crippen LogP contribution in [-0.2, 0) is 9.53 Å². The molecule has 2 aromatic heterocycles. The number of fused-ring (bicyclic) bond motifs is 1. The number of carbonyl (C=O) groups is 1. The normalized spacial score (nSPS) is 21.8. The summed E-state index contributed by atoms with van der Waals surface area (Å²) in [4.78, 5) is 21.5. The number of anilines is 1. The Kier molecular flexibility index (Phi) is 5.31. The number of hydrogen-bond donors (Lipinski definition) is 1. The zero-order valence-electron chi connectivity index (χ0n) is 15.0. The molecule has 140 valence electrons. The van der Waals surface area contributed by atoms with Gasteiger partial charge in [0.05, 0.1) is 25.3 Å². The molecule has 1 amide bonds. The first-order valence-electron chi connectivity index (χ1n) is 9.43. The van der Waals surface area contributed by atoms with E-state index < -0.39 is 0 Å². The summed E-state index contributed by atoms with van der Waals surface area (Å²) in [5.74, 6) is 1.19. The van der Waals surface area contributed by atoms with Crippen molar-refractivity contribution in [1.82, 2.24) is 24.8 Å². The van der Waals surface area contributed by atoms with Gasteiger partial charge in [-0.3, -0.25) is 9.69 Å². The molecule has 0 radical (unpaired) electrons. The van der Waals surface area contributed by atoms with E-state index in [0.717, 1.165) is 70.2 Å². The molecule has 1 N–H and O–H groups in total. The molecule has 1 atom stereocenters. The number of aromatic nitrogens is 3. The highest BCUT2D eigenvalue weighted by molar-refractivity contribution is 5.79. The fourth-order valence-electron chi connectivity index (χ4n) is 3.77. The highest BCUT2D eigenvalue weighted by Gasteiger charge is 2.27. The van der Waals surface area contributed by atoms with Crippen molar-refractivity contribution in [3.8, 4) is 0 Å². The number of piperidine rings is 1. The van der Waals surface area contributed by atoms with Crippen LogP contribution in [0.3, 0.4) is 0 Å². The minimum absolute atomic E-state index is 0.0206. The summed E-state index contributed by atoms with van der Waals surface area (Å²) >= 11 is 0. The van der Waals surface area contributed by atoms with Crippen LogP contribution in [0.2, 0.25) is 0 Å². The highest BCUT2D eigenvalue weighted by Crippen LogP contribution is 2.23. The summed E-state index contributed by atoms with van der Waals surface area (Å²) < 4.78 is 7.20. The standard InChI is InChI=1S/C18H26N6O2/c25-18(20-7-9-22-10-12-26-13-11-22)15-2-1-8-23(14-15)17-4-5-19-16-3-6-21-24(16)17/h3-6,15H,1-2,7-14H2,(H,20,25). The molecule has 0 saturated carbocycles. The molecule has 0 aliphatic carbocycles. The molecule has 2 aromatic rings. The zero-order chi connectivity index (χ0) is 17.8. The topological polar surface area (TPSA) is 75.0 Å². The van der Waals surface area contributed by atoms with E-state index >= 15 is 0 Å². The van der Waals surface area contributed by atoms with Crippen LogP contribution >= 0.6 is 0 Å². The first kappa shape index (κ1) is 17.2. The number of amides is 1. The zero-order valence-corrected chi connectivity index (χ0v) is 15.0. The van der Waals surface area contributed by atoms with Gasteiger partial charge in [0.25, 0.3) is 0 Å². The molecule has 4 heterocycles. The van der Waals surface area contributed by atoms with Gasteiger partial charge >= 0.3 is 0 Å². The van der Waals surface area contributed by atoms with Gasteiger partial charge in [-0.05, 0) is 18.9 Å². The number of carbonyl (C=O) groups excluding carboxylic acids is 1. The molecule has 8 nitrogen and oxygen atoms in total. The quantitative estimate of drug-likeness (QED) is 0.834. The van der Waals surface area contributed by atoms with E-state index in [1.54, 1.807) is 12.4 Å². The van der Waals surface area contributed by atoms with Gasteiger partial charge in [-0.1, -0.05) is 0 Å². The minimum atomic E-state index is 0.0206. The van der Waals surface area contributed by atoms with E-state index in [0.29, 0.717) is 6.54 Å². The van der Waals surface area contributed by atoms with Crippen LogP contribution in [0.25, 0.3) is 5.65 Å². The van der Waals surface area contributed by atoms with Gasteiger partial charge in [0.1, 0.15) is 5.82 Å². The second-order valence-corrected chi connectivity index (χ2v) is 6.93. The number of nitrogens with zero attached hydrogens (tertiary/aromatic N) is 5. The van der Waals surface area contributed by atoms with Crippen molar-refractivity contribution in [2.75, 3.05) is 57.4 Å². The van der Waals surface area contributed by atoms with Crippen LogP contribution in [0.1, 0.15) is 12.8 Å². The summed E-state index contributed by atoms with van der Waals surface area (Å²) in [6.07, 6.45) is 5.50. The smallest absolute Gasteiger partial charge is 0.224 e. The van der Waals surface area contributed by atoms with Gasteiger partial charge in [-0.15, -0.1) is 0 Å². The summed E-state index contributed by atoms with van der Waals surface area (Å²) in [6, 6.07) is 3.86. The SMILES string of the molecule is O=C(NCCN1CCOCC1)C1CCCN(c2ccnc3ccnn23)C1. The molecular weight excluding hydrogens is 332 g/mol. The number of morpholine rings is 1. The molecule has 4 rings (SSSR count). The van der Waals surface area contributed by atoms with E-state index in [1.807, 2.05) is 16.6 Å². The third-order valence-electron chi connectivity index (χ3n) is 5.22. The Hall–Kier alpha value is -2.19. The molecule has 0 aromatic carbocycles. The Labute approximate surface area is 153 Å². The number of ether oxygens (including phenoxy) is 1. The van der Waals surface area contributed by atoms with Crippen LogP contribution in [0.5, 0.6) is 0 Å². The maximum absolute atomic E-state index is 12.6. The lowest BCUT2D eigenvalue weighted by Crippen LogP contribution is -2.46. The molecular formula is C18H26N6O2. The Balaban J connectivity index is 1.33. The van der Waals surface area contributed by atoms with Gasteiger partial charge in [-0.25, -0.2) is 4.98 Å². The number of nitrogens with one attached hydrogen (secondary N) is 1. The van der Waals surface area contributed by atoms with Gasteiger partial charge in [0.15, 0.2) is 5.65 Å². The molecule has 2 saturated heterocycles. The molecule has 2 aliphatic rings. The van der Waals surface area contributed by atoms with Crippen LogP contribution in [0, 0.1) is 5.92 Å². The lowest BCUT2D eigenvalue weighted by atomic mass is 9.97. The molecule has 0 spiro atoms. The third-order valence-corrected chi connectivity index (χ3v) is 5.22. The Bertz CT molecular complexity index is 742. The van der Waals surface area contributed by atoms with Crippen molar-refractivity contribution in [3.05, 3.63) is 24.5 Å². The monoisotopic (exact) mass is 358 g/mol. The van der Waals surface area contributed by atoms with Crippen LogP contribution in [0.15, 0.2) is 24.5 Å². The average molecular weight is 358 g/mol. The van der Waals surface area contributed by atoms with Crippen molar-refractivity contribution >= 4 is 17.4 Å². The fraction of sp³-hybridized carbons (Fsp3) is 0.611. The van der Waals surface area contributed by atoms with Crippen molar-refractivity contribution in [2.24, 2.45) is 5.92 Å². The van der Waals surface area contributed by atoms with Gasteiger partial charge in [0, 0.05) is 51.5 Å². The van der Waals surface area contributed by atoms with E-state index in [4.69, 9.17) is 4.74 Å². The predicted octanol–water partition coefficient (Wildman–Crippen LogP) is 0.394. The van der Waals surface area contributed by atoms with Crippen molar-refractivity contribution < 1.29 is 9.53 Å². The Morgan fingerprint density at radius 3 is 3.00 bits per heavy atom.